The molecule has 0 aliphatic carbocycles. The summed E-state index contributed by atoms with van der Waals surface area (Å²) in [5.41, 5.74) is 3.45. The molecule has 2 rings (SSSR count). The molecule has 1 heterocycles. The number of hydrazone groups is 1. The van der Waals surface area contributed by atoms with Gasteiger partial charge in [0, 0.05) is 0 Å². The van der Waals surface area contributed by atoms with Crippen LogP contribution >= 0.6 is 0 Å². The van der Waals surface area contributed by atoms with Gasteiger partial charge in [-0.15, -0.1) is 10.2 Å². The summed E-state index contributed by atoms with van der Waals surface area (Å²) in [4.78, 5) is 14.0. The summed E-state index contributed by atoms with van der Waals surface area (Å²) in [6.07, 6.45) is 6.21. The molecule has 0 saturated heterocycles. The van der Waals surface area contributed by atoms with E-state index >= 15 is 0 Å². The topological polar surface area (TPSA) is 101 Å². The van der Waals surface area contributed by atoms with E-state index in [1.54, 1.807) is 20.2 Å². The Morgan fingerprint density at radius 3 is 2.81 bits per heavy atom. The smallest absolute Gasteiger partial charge is 0.274 e. The third-order valence-electron chi connectivity index (χ3n) is 3.69. The molecule has 0 spiro atoms. The van der Waals surface area contributed by atoms with Crippen molar-refractivity contribution in [2.45, 2.75) is 39.5 Å². The van der Waals surface area contributed by atoms with Crippen LogP contribution in [0.4, 0.5) is 5.95 Å². The number of methoxy groups -OCH3 is 1. The Hall–Kier alpha value is -2.90. The molecule has 0 bridgehead atoms. The van der Waals surface area contributed by atoms with Crippen LogP contribution in [0.1, 0.15) is 43.9 Å². The van der Waals surface area contributed by atoms with E-state index in [0.717, 1.165) is 12.0 Å². The summed E-state index contributed by atoms with van der Waals surface area (Å²) in [6, 6.07) is 5.56. The molecule has 1 aromatic carbocycles. The standard InChI is InChI=1S/C18H25N5O3/c1-4-5-6-7-10-26-15-9-8-14(11-16(15)25-3)12-19-22-18-20-17(24)13(2)21-23-18/h8-9,11-12H,4-7,10H2,1-3H3,(H2,20,22,23,24). The molecule has 0 radical (unpaired) electrons. The molecule has 0 fully saturated rings. The predicted octanol–water partition coefficient (Wildman–Crippen LogP) is 2.89. The number of hydrogen-bond acceptors (Lipinski definition) is 7. The maximum absolute atomic E-state index is 11.5. The van der Waals surface area contributed by atoms with Crippen LogP contribution in [-0.4, -0.2) is 35.1 Å². The Kier molecular flexibility index (Phi) is 7.60. The van der Waals surface area contributed by atoms with Gasteiger partial charge in [0.2, 0.25) is 5.95 Å². The molecule has 2 aromatic rings. The maximum Gasteiger partial charge on any atom is 0.274 e. The van der Waals surface area contributed by atoms with E-state index in [1.165, 1.54) is 19.3 Å². The number of aromatic nitrogens is 3. The highest BCUT2D eigenvalue weighted by Gasteiger charge is 2.05. The largest absolute Gasteiger partial charge is 0.493 e. The first-order valence-corrected chi connectivity index (χ1v) is 8.67. The molecule has 0 aliphatic rings. The zero-order chi connectivity index (χ0) is 18.8. The number of H-pyrrole nitrogens is 1. The third kappa shape index (κ3) is 5.87. The second-order valence-corrected chi connectivity index (χ2v) is 5.78. The highest BCUT2D eigenvalue weighted by molar-refractivity contribution is 5.81. The van der Waals surface area contributed by atoms with Crippen molar-refractivity contribution in [2.75, 3.05) is 19.1 Å². The van der Waals surface area contributed by atoms with Gasteiger partial charge in [0.1, 0.15) is 5.69 Å². The number of nitrogens with zero attached hydrogens (tertiary/aromatic N) is 3. The Morgan fingerprint density at radius 1 is 1.23 bits per heavy atom. The first kappa shape index (κ1) is 19.4. The van der Waals surface area contributed by atoms with Gasteiger partial charge in [-0.3, -0.25) is 9.78 Å². The van der Waals surface area contributed by atoms with Gasteiger partial charge < -0.3 is 9.47 Å². The second-order valence-electron chi connectivity index (χ2n) is 5.78. The van der Waals surface area contributed by atoms with Gasteiger partial charge in [-0.2, -0.15) is 5.10 Å². The van der Waals surface area contributed by atoms with E-state index in [1.807, 2.05) is 18.2 Å². The number of aromatic amines is 1. The molecule has 0 unspecified atom stereocenters. The van der Waals surface area contributed by atoms with Crippen molar-refractivity contribution in [1.29, 1.82) is 0 Å². The van der Waals surface area contributed by atoms with E-state index in [-0.39, 0.29) is 11.5 Å². The second kappa shape index (κ2) is 10.2. The Labute approximate surface area is 152 Å². The van der Waals surface area contributed by atoms with Crippen LogP contribution in [0.3, 0.4) is 0 Å². The van der Waals surface area contributed by atoms with Crippen molar-refractivity contribution in [3.05, 3.63) is 39.8 Å². The van der Waals surface area contributed by atoms with Gasteiger partial charge in [-0.1, -0.05) is 26.2 Å². The number of hydrogen-bond donors (Lipinski definition) is 2. The lowest BCUT2D eigenvalue weighted by molar-refractivity contribution is 0.285. The Balaban J connectivity index is 1.94. The molecule has 8 nitrogen and oxygen atoms in total. The first-order valence-electron chi connectivity index (χ1n) is 8.67. The monoisotopic (exact) mass is 359 g/mol. The van der Waals surface area contributed by atoms with Crippen molar-refractivity contribution in [3.63, 3.8) is 0 Å². The van der Waals surface area contributed by atoms with Crippen LogP contribution in [-0.2, 0) is 0 Å². The van der Waals surface area contributed by atoms with Crippen molar-refractivity contribution in [1.82, 2.24) is 15.2 Å². The van der Waals surface area contributed by atoms with Crippen molar-refractivity contribution in [2.24, 2.45) is 5.10 Å². The van der Waals surface area contributed by atoms with Gasteiger partial charge in [-0.25, -0.2) is 5.43 Å². The summed E-state index contributed by atoms with van der Waals surface area (Å²) in [5.74, 6) is 1.53. The van der Waals surface area contributed by atoms with Crippen LogP contribution in [0.15, 0.2) is 28.1 Å². The lowest BCUT2D eigenvalue weighted by Crippen LogP contribution is -2.15. The van der Waals surface area contributed by atoms with Crippen LogP contribution in [0.2, 0.25) is 0 Å². The molecule has 0 aliphatic heterocycles. The molecule has 140 valence electrons. The van der Waals surface area contributed by atoms with Gasteiger partial charge in [-0.05, 0) is 37.1 Å². The molecule has 2 N–H and O–H groups in total. The van der Waals surface area contributed by atoms with Crippen LogP contribution < -0.4 is 20.5 Å². The minimum atomic E-state index is -0.306. The van der Waals surface area contributed by atoms with Crippen molar-refractivity contribution >= 4 is 12.2 Å². The third-order valence-corrected chi connectivity index (χ3v) is 3.69. The van der Waals surface area contributed by atoms with E-state index < -0.39 is 0 Å². The van der Waals surface area contributed by atoms with Gasteiger partial charge in [0.15, 0.2) is 11.5 Å². The maximum atomic E-state index is 11.5. The molecule has 1 aromatic heterocycles. The molecule has 26 heavy (non-hydrogen) atoms. The average Bonchev–Trinajstić information content (AvgIpc) is 2.65. The van der Waals surface area contributed by atoms with Crippen molar-refractivity contribution in [3.8, 4) is 11.5 Å². The average molecular weight is 359 g/mol. The first-order chi connectivity index (χ1) is 12.6. The molecular formula is C18H25N5O3. The summed E-state index contributed by atoms with van der Waals surface area (Å²) in [7, 11) is 1.60. The van der Waals surface area contributed by atoms with Crippen LogP contribution in [0.25, 0.3) is 0 Å². The van der Waals surface area contributed by atoms with Gasteiger partial charge >= 0.3 is 0 Å². The minimum absolute atomic E-state index is 0.177. The van der Waals surface area contributed by atoms with Crippen LogP contribution in [0.5, 0.6) is 11.5 Å². The molecular weight excluding hydrogens is 334 g/mol. The van der Waals surface area contributed by atoms with Crippen molar-refractivity contribution < 1.29 is 9.47 Å². The SMILES string of the molecule is CCCCCCOc1ccc(C=NNc2nnc(C)c(=O)[nH]2)cc1OC. The number of anilines is 1. The lowest BCUT2D eigenvalue weighted by atomic mass is 10.2. The molecule has 0 saturated carbocycles. The number of ether oxygens (including phenoxy) is 2. The predicted molar refractivity (Wildman–Crippen MR) is 101 cm³/mol. The molecule has 8 heteroatoms. The fourth-order valence-corrected chi connectivity index (χ4v) is 2.21. The quantitative estimate of drug-likeness (QED) is 0.384. The van der Waals surface area contributed by atoms with Gasteiger partial charge in [0.25, 0.3) is 5.56 Å². The molecule has 0 atom stereocenters. The Bertz CT molecular complexity index is 789. The number of unbranched alkanes of at least 4 members (excludes halogenated alkanes) is 3. The highest BCUT2D eigenvalue weighted by Crippen LogP contribution is 2.27. The summed E-state index contributed by atoms with van der Waals surface area (Å²) in [6.45, 7) is 4.44. The summed E-state index contributed by atoms with van der Waals surface area (Å²) in [5, 5.41) is 11.6. The van der Waals surface area contributed by atoms with E-state index in [4.69, 9.17) is 9.47 Å². The van der Waals surface area contributed by atoms with E-state index in [0.29, 0.717) is 23.8 Å². The fraction of sp³-hybridized carbons (Fsp3) is 0.444. The van der Waals surface area contributed by atoms with E-state index in [9.17, 15) is 4.79 Å². The summed E-state index contributed by atoms with van der Waals surface area (Å²) < 4.78 is 11.2. The van der Waals surface area contributed by atoms with E-state index in [2.05, 4.69) is 32.6 Å². The highest BCUT2D eigenvalue weighted by atomic mass is 16.5. The number of aryl methyl sites for hydroxylation is 1. The molecule has 0 amide bonds. The minimum Gasteiger partial charge on any atom is -0.493 e. The number of nitrogens with one attached hydrogen (secondary N) is 2. The van der Waals surface area contributed by atoms with Crippen LogP contribution in [0, 0.1) is 6.92 Å². The zero-order valence-corrected chi connectivity index (χ0v) is 15.4. The normalized spacial score (nSPS) is 10.9. The number of rotatable bonds is 10. The lowest BCUT2D eigenvalue weighted by Gasteiger charge is -2.11. The van der Waals surface area contributed by atoms with Gasteiger partial charge in [0.05, 0.1) is 19.9 Å². The zero-order valence-electron chi connectivity index (χ0n) is 15.4. The number of benzene rings is 1. The fourth-order valence-electron chi connectivity index (χ4n) is 2.21. The summed E-state index contributed by atoms with van der Waals surface area (Å²) >= 11 is 0. The Morgan fingerprint density at radius 2 is 2.08 bits per heavy atom.